The number of methoxy groups -OCH3 is 1. The van der Waals surface area contributed by atoms with Gasteiger partial charge >= 0.3 is 0 Å². The number of hydrogen-bond donors (Lipinski definition) is 1. The predicted molar refractivity (Wildman–Crippen MR) is 99.7 cm³/mol. The fraction of sp³-hybridized carbons (Fsp3) is 0.778. The third-order valence-electron chi connectivity index (χ3n) is 4.64. The summed E-state index contributed by atoms with van der Waals surface area (Å²) in [6.45, 7) is 14.0. The van der Waals surface area contributed by atoms with Crippen molar-refractivity contribution in [1.29, 1.82) is 0 Å². The zero-order chi connectivity index (χ0) is 18.4. The number of nitrogens with one attached hydrogen (secondary N) is 1. The molecule has 0 aliphatic carbocycles. The Bertz CT molecular complexity index is 556. The SMILES string of the molecule is CN=C(NCC(OC)C(C)(C)C)N1CCN(Cc2cc(C)on2)CC1. The molecule has 0 aromatic carbocycles. The monoisotopic (exact) mass is 351 g/mol. The molecule has 142 valence electrons. The van der Waals surface area contributed by atoms with E-state index in [1.54, 1.807) is 7.11 Å². The Labute approximate surface area is 151 Å². The van der Waals surface area contributed by atoms with Gasteiger partial charge in [-0.2, -0.15) is 0 Å². The average molecular weight is 351 g/mol. The molecule has 1 atom stereocenters. The first kappa shape index (κ1) is 19.7. The van der Waals surface area contributed by atoms with Crippen molar-refractivity contribution < 1.29 is 9.26 Å². The van der Waals surface area contributed by atoms with Gasteiger partial charge in [0.15, 0.2) is 5.96 Å². The first-order valence-electron chi connectivity index (χ1n) is 8.96. The molecule has 1 unspecified atom stereocenters. The Morgan fingerprint density at radius 1 is 1.36 bits per heavy atom. The van der Waals surface area contributed by atoms with E-state index in [9.17, 15) is 0 Å². The van der Waals surface area contributed by atoms with Crippen LogP contribution in [0.3, 0.4) is 0 Å². The highest BCUT2D eigenvalue weighted by Gasteiger charge is 2.26. The Balaban J connectivity index is 1.81. The first-order chi connectivity index (χ1) is 11.8. The van der Waals surface area contributed by atoms with Crippen LogP contribution >= 0.6 is 0 Å². The van der Waals surface area contributed by atoms with E-state index in [1.165, 1.54) is 0 Å². The molecule has 0 saturated carbocycles. The molecular formula is C18H33N5O2. The summed E-state index contributed by atoms with van der Waals surface area (Å²) < 4.78 is 10.8. The zero-order valence-electron chi connectivity index (χ0n) is 16.5. The molecule has 1 N–H and O–H groups in total. The minimum Gasteiger partial charge on any atom is -0.379 e. The van der Waals surface area contributed by atoms with Gasteiger partial charge in [0.25, 0.3) is 0 Å². The van der Waals surface area contributed by atoms with Crippen LogP contribution in [-0.4, -0.2) is 73.9 Å². The van der Waals surface area contributed by atoms with Crippen molar-refractivity contribution in [2.45, 2.75) is 40.3 Å². The normalized spacial score (nSPS) is 18.5. The molecule has 1 saturated heterocycles. The van der Waals surface area contributed by atoms with Gasteiger partial charge in [0.2, 0.25) is 0 Å². The highest BCUT2D eigenvalue weighted by atomic mass is 16.5. The number of guanidine groups is 1. The van der Waals surface area contributed by atoms with Gasteiger partial charge in [0, 0.05) is 59.5 Å². The van der Waals surface area contributed by atoms with Gasteiger partial charge in [0.1, 0.15) is 5.76 Å². The number of ether oxygens (including phenoxy) is 1. The van der Waals surface area contributed by atoms with Crippen molar-refractivity contribution >= 4 is 5.96 Å². The molecule has 1 aromatic rings. The fourth-order valence-electron chi connectivity index (χ4n) is 3.10. The second kappa shape index (κ2) is 8.67. The van der Waals surface area contributed by atoms with Crippen LogP contribution in [0.4, 0.5) is 0 Å². The number of aromatic nitrogens is 1. The number of piperazine rings is 1. The highest BCUT2D eigenvalue weighted by Crippen LogP contribution is 2.21. The van der Waals surface area contributed by atoms with Gasteiger partial charge in [-0.1, -0.05) is 25.9 Å². The van der Waals surface area contributed by atoms with Crippen LogP contribution in [0.25, 0.3) is 0 Å². The van der Waals surface area contributed by atoms with Gasteiger partial charge in [-0.15, -0.1) is 0 Å². The Kier molecular flexibility index (Phi) is 6.84. The lowest BCUT2D eigenvalue weighted by Crippen LogP contribution is -2.53. The minimum absolute atomic E-state index is 0.0923. The maximum atomic E-state index is 5.62. The summed E-state index contributed by atoms with van der Waals surface area (Å²) >= 11 is 0. The number of aliphatic imine (C=N–C) groups is 1. The molecule has 0 amide bonds. The molecule has 1 aliphatic rings. The van der Waals surface area contributed by atoms with Crippen molar-refractivity contribution in [3.63, 3.8) is 0 Å². The van der Waals surface area contributed by atoms with E-state index >= 15 is 0 Å². The zero-order valence-corrected chi connectivity index (χ0v) is 16.5. The molecule has 7 nitrogen and oxygen atoms in total. The van der Waals surface area contributed by atoms with Gasteiger partial charge < -0.3 is 19.5 Å². The van der Waals surface area contributed by atoms with E-state index < -0.39 is 0 Å². The molecular weight excluding hydrogens is 318 g/mol. The maximum Gasteiger partial charge on any atom is 0.193 e. The van der Waals surface area contributed by atoms with E-state index in [-0.39, 0.29) is 11.5 Å². The summed E-state index contributed by atoms with van der Waals surface area (Å²) in [5.41, 5.74) is 1.09. The first-order valence-corrected chi connectivity index (χ1v) is 8.96. The third kappa shape index (κ3) is 5.71. The second-order valence-electron chi connectivity index (χ2n) is 7.71. The van der Waals surface area contributed by atoms with Gasteiger partial charge in [-0.3, -0.25) is 9.89 Å². The summed E-state index contributed by atoms with van der Waals surface area (Å²) in [6, 6.07) is 2.00. The standard InChI is InChI=1S/C18H33N5O2/c1-14-11-15(21-25-14)13-22-7-9-23(10-8-22)17(19-5)20-12-16(24-6)18(2,3)4/h11,16H,7-10,12-13H2,1-6H3,(H,19,20). The summed E-state index contributed by atoms with van der Waals surface area (Å²) in [4.78, 5) is 9.14. The number of rotatable bonds is 5. The van der Waals surface area contributed by atoms with E-state index in [0.29, 0.717) is 0 Å². The van der Waals surface area contributed by atoms with Crippen LogP contribution in [0.2, 0.25) is 0 Å². The summed E-state index contributed by atoms with van der Waals surface area (Å²) in [5.74, 6) is 1.81. The lowest BCUT2D eigenvalue weighted by atomic mass is 9.89. The highest BCUT2D eigenvalue weighted by molar-refractivity contribution is 5.80. The Hall–Kier alpha value is -1.60. The lowest BCUT2D eigenvalue weighted by Gasteiger charge is -2.37. The average Bonchev–Trinajstić information content (AvgIpc) is 2.96. The van der Waals surface area contributed by atoms with Crippen LogP contribution in [0.15, 0.2) is 15.6 Å². The molecule has 2 rings (SSSR count). The largest absolute Gasteiger partial charge is 0.379 e. The third-order valence-corrected chi connectivity index (χ3v) is 4.64. The maximum absolute atomic E-state index is 5.62. The van der Waals surface area contributed by atoms with Crippen LogP contribution in [-0.2, 0) is 11.3 Å². The van der Waals surface area contributed by atoms with Gasteiger partial charge in [-0.05, 0) is 12.3 Å². The number of aryl methyl sites for hydroxylation is 1. The van der Waals surface area contributed by atoms with E-state index in [2.05, 4.69) is 46.0 Å². The van der Waals surface area contributed by atoms with Crippen molar-refractivity contribution in [2.75, 3.05) is 46.9 Å². The molecule has 0 spiro atoms. The van der Waals surface area contributed by atoms with E-state index in [1.807, 2.05) is 20.0 Å². The summed E-state index contributed by atoms with van der Waals surface area (Å²) in [7, 11) is 3.61. The molecule has 25 heavy (non-hydrogen) atoms. The van der Waals surface area contributed by atoms with Crippen LogP contribution in [0, 0.1) is 12.3 Å². The lowest BCUT2D eigenvalue weighted by molar-refractivity contribution is 0.0199. The van der Waals surface area contributed by atoms with Crippen molar-refractivity contribution in [1.82, 2.24) is 20.3 Å². The molecule has 0 radical (unpaired) electrons. The topological polar surface area (TPSA) is 66.1 Å². The van der Waals surface area contributed by atoms with Crippen LogP contribution < -0.4 is 5.32 Å². The smallest absolute Gasteiger partial charge is 0.193 e. The quantitative estimate of drug-likeness (QED) is 0.644. The van der Waals surface area contributed by atoms with Gasteiger partial charge in [-0.25, -0.2) is 0 Å². The molecule has 1 aliphatic heterocycles. The molecule has 1 aromatic heterocycles. The molecule has 1 fully saturated rings. The van der Waals surface area contributed by atoms with E-state index in [4.69, 9.17) is 9.26 Å². The van der Waals surface area contributed by atoms with Gasteiger partial charge in [0.05, 0.1) is 11.8 Å². The van der Waals surface area contributed by atoms with Crippen molar-refractivity contribution in [3.8, 4) is 0 Å². The number of nitrogens with zero attached hydrogens (tertiary/aromatic N) is 4. The van der Waals surface area contributed by atoms with E-state index in [0.717, 1.165) is 56.7 Å². The van der Waals surface area contributed by atoms with Crippen LogP contribution in [0.1, 0.15) is 32.2 Å². The molecule has 2 heterocycles. The Morgan fingerprint density at radius 3 is 2.52 bits per heavy atom. The minimum atomic E-state index is 0.0923. The Morgan fingerprint density at radius 2 is 2.04 bits per heavy atom. The summed E-state index contributed by atoms with van der Waals surface area (Å²) in [6.07, 6.45) is 0.140. The van der Waals surface area contributed by atoms with Crippen molar-refractivity contribution in [3.05, 3.63) is 17.5 Å². The molecule has 0 bridgehead atoms. The van der Waals surface area contributed by atoms with Crippen molar-refractivity contribution in [2.24, 2.45) is 10.4 Å². The predicted octanol–water partition coefficient (Wildman–Crippen LogP) is 1.74. The molecule has 7 heteroatoms. The second-order valence-corrected chi connectivity index (χ2v) is 7.71. The van der Waals surface area contributed by atoms with Crippen LogP contribution in [0.5, 0.6) is 0 Å². The number of hydrogen-bond acceptors (Lipinski definition) is 5. The fourth-order valence-corrected chi connectivity index (χ4v) is 3.10. The summed E-state index contributed by atoms with van der Waals surface area (Å²) in [5, 5.41) is 7.55.